The van der Waals surface area contributed by atoms with Crippen molar-refractivity contribution >= 4 is 27.9 Å². The summed E-state index contributed by atoms with van der Waals surface area (Å²) >= 11 is 3.09. The molecule has 6 nitrogen and oxygen atoms in total. The van der Waals surface area contributed by atoms with E-state index in [2.05, 4.69) is 25.4 Å². The Balaban J connectivity index is 0.000000231. The van der Waals surface area contributed by atoms with Gasteiger partial charge in [0, 0.05) is 0 Å². The van der Waals surface area contributed by atoms with E-state index >= 15 is 0 Å². The van der Waals surface area contributed by atoms with Crippen LogP contribution in [0.1, 0.15) is 20.7 Å². The summed E-state index contributed by atoms with van der Waals surface area (Å²) in [6.07, 6.45) is 0. The molecule has 2 rings (SSSR count). The fourth-order valence-electron chi connectivity index (χ4n) is 1.47. The highest BCUT2D eigenvalue weighted by molar-refractivity contribution is 9.10. The van der Waals surface area contributed by atoms with Crippen LogP contribution in [0.15, 0.2) is 46.9 Å². The van der Waals surface area contributed by atoms with E-state index in [1.54, 1.807) is 0 Å². The lowest BCUT2D eigenvalue weighted by Gasteiger charge is -2.00. The zero-order valence-electron chi connectivity index (χ0n) is 12.4. The van der Waals surface area contributed by atoms with Gasteiger partial charge in [-0.2, -0.15) is 0 Å². The molecule has 0 aliphatic carbocycles. The van der Waals surface area contributed by atoms with E-state index < -0.39 is 11.9 Å². The molecule has 0 saturated heterocycles. The molecule has 0 atom stereocenters. The summed E-state index contributed by atoms with van der Waals surface area (Å²) in [4.78, 5) is 21.8. The van der Waals surface area contributed by atoms with Gasteiger partial charge < -0.3 is 19.7 Å². The van der Waals surface area contributed by atoms with Crippen LogP contribution in [-0.2, 0) is 9.47 Å². The molecule has 2 aromatic rings. The second-order valence-corrected chi connectivity index (χ2v) is 5.05. The minimum atomic E-state index is -0.421. The third kappa shape index (κ3) is 5.63. The molecule has 2 N–H and O–H groups in total. The number of rotatable bonds is 2. The van der Waals surface area contributed by atoms with E-state index in [4.69, 9.17) is 10.2 Å². The van der Waals surface area contributed by atoms with Crippen LogP contribution in [0.3, 0.4) is 0 Å². The molecule has 0 spiro atoms. The molecule has 0 radical (unpaired) electrons. The zero-order valence-corrected chi connectivity index (χ0v) is 14.0. The number of esters is 2. The Kier molecular flexibility index (Phi) is 7.08. The molecule has 7 heteroatoms. The monoisotopic (exact) mass is 382 g/mol. The molecule has 122 valence electrons. The summed E-state index contributed by atoms with van der Waals surface area (Å²) in [7, 11) is 2.62. The Morgan fingerprint density at radius 1 is 0.870 bits per heavy atom. The highest BCUT2D eigenvalue weighted by Gasteiger charge is 2.06. The van der Waals surface area contributed by atoms with Crippen molar-refractivity contribution < 1.29 is 29.3 Å². The second kappa shape index (κ2) is 8.79. The lowest BCUT2D eigenvalue weighted by Crippen LogP contribution is -2.00. The molecule has 0 amide bonds. The van der Waals surface area contributed by atoms with Crippen molar-refractivity contribution in [1.29, 1.82) is 0 Å². The Morgan fingerprint density at radius 2 is 1.35 bits per heavy atom. The van der Waals surface area contributed by atoms with Crippen molar-refractivity contribution in [3.63, 3.8) is 0 Å². The quantitative estimate of drug-likeness (QED) is 0.775. The maximum Gasteiger partial charge on any atom is 0.337 e. The van der Waals surface area contributed by atoms with Crippen molar-refractivity contribution in [3.05, 3.63) is 58.1 Å². The van der Waals surface area contributed by atoms with Crippen LogP contribution in [0, 0.1) is 0 Å². The average Bonchev–Trinajstić information content (AvgIpc) is 2.57. The minimum absolute atomic E-state index is 0.0997. The summed E-state index contributed by atoms with van der Waals surface area (Å²) in [5.74, 6) is -0.582. The third-order valence-corrected chi connectivity index (χ3v) is 3.29. The number of phenolic OH excluding ortho intramolecular Hbond substituents is 2. The van der Waals surface area contributed by atoms with Gasteiger partial charge in [-0.1, -0.05) is 0 Å². The van der Waals surface area contributed by atoms with Crippen LogP contribution in [0.5, 0.6) is 11.5 Å². The Hall–Kier alpha value is -2.54. The zero-order chi connectivity index (χ0) is 17.4. The molecule has 0 fully saturated rings. The van der Waals surface area contributed by atoms with Crippen LogP contribution < -0.4 is 0 Å². The van der Waals surface area contributed by atoms with E-state index in [1.807, 2.05) is 0 Å². The molecule has 0 aliphatic heterocycles. The van der Waals surface area contributed by atoms with Crippen LogP contribution in [0.25, 0.3) is 0 Å². The number of methoxy groups -OCH3 is 2. The molecule has 0 saturated carbocycles. The highest BCUT2D eigenvalue weighted by atomic mass is 79.9. The molecule has 0 aliphatic rings. The molecule has 2 aromatic carbocycles. The predicted octanol–water partition coefficient (Wildman–Crippen LogP) is 3.12. The fraction of sp³-hybridized carbons (Fsp3) is 0.125. The van der Waals surface area contributed by atoms with Gasteiger partial charge in [0.25, 0.3) is 0 Å². The smallest absolute Gasteiger partial charge is 0.337 e. The molecule has 0 unspecified atom stereocenters. The van der Waals surface area contributed by atoms with Crippen LogP contribution in [-0.4, -0.2) is 36.4 Å². The Bertz CT molecular complexity index is 681. The van der Waals surface area contributed by atoms with Crippen molar-refractivity contribution in [3.8, 4) is 11.5 Å². The lowest BCUT2D eigenvalue weighted by molar-refractivity contribution is 0.0591. The van der Waals surface area contributed by atoms with Gasteiger partial charge in [0.1, 0.15) is 11.5 Å². The summed E-state index contributed by atoms with van der Waals surface area (Å²) in [6, 6.07) is 10.3. The van der Waals surface area contributed by atoms with Crippen LogP contribution in [0.2, 0.25) is 0 Å². The van der Waals surface area contributed by atoms with Gasteiger partial charge in [0.05, 0.1) is 29.8 Å². The maximum atomic E-state index is 11.0. The van der Waals surface area contributed by atoms with Crippen LogP contribution >= 0.6 is 15.9 Å². The van der Waals surface area contributed by atoms with E-state index in [0.717, 1.165) is 0 Å². The summed E-state index contributed by atoms with van der Waals surface area (Å²) in [5, 5.41) is 18.0. The molecule has 0 aromatic heterocycles. The molecular formula is C16H15BrO6. The summed E-state index contributed by atoms with van der Waals surface area (Å²) in [6.45, 7) is 0. The molecule has 0 heterocycles. The fourth-order valence-corrected chi connectivity index (χ4v) is 1.85. The first-order valence-corrected chi connectivity index (χ1v) is 7.12. The van der Waals surface area contributed by atoms with E-state index in [1.165, 1.54) is 56.7 Å². The number of halogens is 1. The first-order valence-electron chi connectivity index (χ1n) is 6.33. The minimum Gasteiger partial charge on any atom is -0.508 e. The molecule has 23 heavy (non-hydrogen) atoms. The first-order chi connectivity index (χ1) is 10.9. The van der Waals surface area contributed by atoms with Gasteiger partial charge in [0.15, 0.2) is 0 Å². The van der Waals surface area contributed by atoms with Gasteiger partial charge >= 0.3 is 11.9 Å². The second-order valence-electron chi connectivity index (χ2n) is 4.20. The standard InChI is InChI=1S/C8H7BrO3.C8H8O3/c1-12-8(11)5-2-3-7(10)6(9)4-5;1-11-8(10)6-2-4-7(9)5-3-6/h2-4,10H,1H3;2-5,9H,1H3. The summed E-state index contributed by atoms with van der Waals surface area (Å²) < 4.78 is 9.42. The van der Waals surface area contributed by atoms with Gasteiger partial charge in [-0.3, -0.25) is 0 Å². The van der Waals surface area contributed by atoms with Crippen molar-refractivity contribution in [2.45, 2.75) is 0 Å². The van der Waals surface area contributed by atoms with E-state index in [0.29, 0.717) is 15.6 Å². The normalized spacial score (nSPS) is 9.35. The number of carbonyl (C=O) groups excluding carboxylic acids is 2. The SMILES string of the molecule is COC(=O)c1ccc(O)c(Br)c1.COC(=O)c1ccc(O)cc1. The first kappa shape index (κ1) is 18.5. The molecular weight excluding hydrogens is 368 g/mol. The highest BCUT2D eigenvalue weighted by Crippen LogP contribution is 2.24. The third-order valence-electron chi connectivity index (χ3n) is 2.66. The van der Waals surface area contributed by atoms with E-state index in [-0.39, 0.29) is 11.5 Å². The number of carbonyl (C=O) groups is 2. The molecule has 0 bridgehead atoms. The van der Waals surface area contributed by atoms with Crippen LogP contribution in [0.4, 0.5) is 0 Å². The maximum absolute atomic E-state index is 11.0. The number of ether oxygens (including phenoxy) is 2. The Morgan fingerprint density at radius 3 is 1.83 bits per heavy atom. The number of hydrogen-bond donors (Lipinski definition) is 2. The van der Waals surface area contributed by atoms with Crippen molar-refractivity contribution in [2.24, 2.45) is 0 Å². The number of phenols is 2. The Labute approximate surface area is 141 Å². The lowest BCUT2D eigenvalue weighted by atomic mass is 10.2. The van der Waals surface area contributed by atoms with Gasteiger partial charge in [-0.15, -0.1) is 0 Å². The van der Waals surface area contributed by atoms with Gasteiger partial charge in [0.2, 0.25) is 0 Å². The summed E-state index contributed by atoms with van der Waals surface area (Å²) in [5.41, 5.74) is 0.840. The topological polar surface area (TPSA) is 93.1 Å². The number of benzene rings is 2. The largest absolute Gasteiger partial charge is 0.508 e. The van der Waals surface area contributed by atoms with Crippen molar-refractivity contribution in [1.82, 2.24) is 0 Å². The van der Waals surface area contributed by atoms with Gasteiger partial charge in [-0.25, -0.2) is 9.59 Å². The number of hydrogen-bond acceptors (Lipinski definition) is 6. The van der Waals surface area contributed by atoms with Gasteiger partial charge in [-0.05, 0) is 58.4 Å². The van der Waals surface area contributed by atoms with E-state index in [9.17, 15) is 9.59 Å². The van der Waals surface area contributed by atoms with Crippen molar-refractivity contribution in [2.75, 3.05) is 14.2 Å². The predicted molar refractivity (Wildman–Crippen MR) is 86.6 cm³/mol. The number of aromatic hydroxyl groups is 2. The average molecular weight is 383 g/mol.